The Morgan fingerprint density at radius 2 is 1.33 bits per heavy atom. The number of nitrogens with two attached hydrogens (primary N) is 1. The van der Waals surface area contributed by atoms with Gasteiger partial charge in [0.25, 0.3) is 5.91 Å². The number of hydrogen-bond donors (Lipinski definition) is 1. The molecule has 0 radical (unpaired) electrons. The summed E-state index contributed by atoms with van der Waals surface area (Å²) in [7, 11) is -8.18. The second-order valence-electron chi connectivity index (χ2n) is 3.12. The molecule has 0 aromatic carbocycles. The van der Waals surface area contributed by atoms with Crippen LogP contribution in [0.3, 0.4) is 0 Å². The first-order valence-electron chi connectivity index (χ1n) is 4.31. The van der Waals surface area contributed by atoms with Crippen LogP contribution in [-0.2, 0) is 24.5 Å². The first-order chi connectivity index (χ1) is 6.56. The van der Waals surface area contributed by atoms with E-state index in [2.05, 4.69) is 0 Å². The molecule has 0 spiro atoms. The first kappa shape index (κ1) is 14.4. The smallest absolute Gasteiger partial charge is 0.254 e. The normalized spacial score (nSPS) is 13.8. The van der Waals surface area contributed by atoms with Gasteiger partial charge in [0.15, 0.2) is 19.7 Å². The minimum atomic E-state index is -4.09. The summed E-state index contributed by atoms with van der Waals surface area (Å²) in [5.74, 6) is -2.26. The van der Waals surface area contributed by atoms with Crippen molar-refractivity contribution >= 4 is 25.6 Å². The highest BCUT2D eigenvalue weighted by atomic mass is 32.3. The number of carbonyl (C=O) groups excluding carboxylic acids is 1. The van der Waals surface area contributed by atoms with Gasteiger partial charge in [-0.3, -0.25) is 4.79 Å². The lowest BCUT2D eigenvalue weighted by Crippen LogP contribution is -2.55. The Balaban J connectivity index is 6.05. The van der Waals surface area contributed by atoms with Gasteiger partial charge >= 0.3 is 0 Å². The highest BCUT2D eigenvalue weighted by Gasteiger charge is 2.54. The molecular weight excluding hydrogens is 242 g/mol. The van der Waals surface area contributed by atoms with E-state index in [0.717, 1.165) is 6.92 Å². The molecule has 15 heavy (non-hydrogen) atoms. The van der Waals surface area contributed by atoms with Crippen LogP contribution in [0, 0.1) is 0 Å². The average molecular weight is 257 g/mol. The molecule has 0 heterocycles. The van der Waals surface area contributed by atoms with Gasteiger partial charge in [-0.1, -0.05) is 13.8 Å². The van der Waals surface area contributed by atoms with E-state index >= 15 is 0 Å². The molecule has 0 atom stereocenters. The topological polar surface area (TPSA) is 111 Å². The summed E-state index contributed by atoms with van der Waals surface area (Å²) in [5.41, 5.74) is 4.90. The van der Waals surface area contributed by atoms with Crippen molar-refractivity contribution in [3.8, 4) is 0 Å². The maximum absolute atomic E-state index is 11.6. The fourth-order valence-corrected chi connectivity index (χ4v) is 5.02. The molecular formula is C7H15NO5S2. The Morgan fingerprint density at radius 3 is 1.47 bits per heavy atom. The third kappa shape index (κ3) is 2.00. The van der Waals surface area contributed by atoms with Crippen molar-refractivity contribution in [2.75, 3.05) is 11.5 Å². The van der Waals surface area contributed by atoms with E-state index in [9.17, 15) is 21.6 Å². The van der Waals surface area contributed by atoms with E-state index < -0.39 is 41.2 Å². The molecule has 0 aliphatic carbocycles. The van der Waals surface area contributed by atoms with Crippen molar-refractivity contribution in [3.63, 3.8) is 0 Å². The van der Waals surface area contributed by atoms with Gasteiger partial charge < -0.3 is 5.73 Å². The standard InChI is InChI=1S/C7H15NO5S2/c1-4-14(10,11)7(3,6(8)9)15(12,13)5-2/h4-5H2,1-3H3,(H2,8,9). The molecule has 0 aromatic rings. The molecule has 90 valence electrons. The van der Waals surface area contributed by atoms with Crippen LogP contribution < -0.4 is 5.73 Å². The predicted octanol–water partition coefficient (Wildman–Crippen LogP) is -0.943. The van der Waals surface area contributed by atoms with Gasteiger partial charge in [-0.15, -0.1) is 0 Å². The molecule has 0 aromatic heterocycles. The Kier molecular flexibility index (Phi) is 3.92. The van der Waals surface area contributed by atoms with E-state index in [0.29, 0.717) is 0 Å². The number of sulfone groups is 2. The molecule has 0 unspecified atom stereocenters. The van der Waals surface area contributed by atoms with E-state index in [1.807, 2.05) is 0 Å². The van der Waals surface area contributed by atoms with Crippen LogP contribution in [0.1, 0.15) is 20.8 Å². The van der Waals surface area contributed by atoms with E-state index in [-0.39, 0.29) is 0 Å². The number of amides is 1. The minimum absolute atomic E-state index is 0.453. The number of primary amides is 1. The highest BCUT2D eigenvalue weighted by Crippen LogP contribution is 2.25. The summed E-state index contributed by atoms with van der Waals surface area (Å²) in [6.07, 6.45) is 0. The Labute approximate surface area is 89.7 Å². The SMILES string of the molecule is CCS(=O)(=O)C(C)(C(N)=O)S(=O)(=O)CC. The maximum Gasteiger partial charge on any atom is 0.254 e. The van der Waals surface area contributed by atoms with Crippen LogP contribution in [0.15, 0.2) is 0 Å². The number of rotatable bonds is 5. The molecule has 8 heteroatoms. The lowest BCUT2D eigenvalue weighted by atomic mass is 10.4. The lowest BCUT2D eigenvalue weighted by Gasteiger charge is -2.24. The summed E-state index contributed by atoms with van der Waals surface area (Å²) in [6.45, 7) is 3.37. The molecule has 0 rings (SSSR count). The highest BCUT2D eigenvalue weighted by molar-refractivity contribution is 8.11. The van der Waals surface area contributed by atoms with E-state index in [1.165, 1.54) is 13.8 Å². The summed E-state index contributed by atoms with van der Waals surface area (Å²) < 4.78 is 43.8. The zero-order valence-corrected chi connectivity index (χ0v) is 10.5. The molecule has 6 nitrogen and oxygen atoms in total. The summed E-state index contributed by atoms with van der Waals surface area (Å²) >= 11 is 0. The van der Waals surface area contributed by atoms with Crippen LogP contribution in [0.25, 0.3) is 0 Å². The van der Waals surface area contributed by atoms with Crippen LogP contribution in [0.2, 0.25) is 0 Å². The average Bonchev–Trinajstić information content (AvgIpc) is 2.15. The van der Waals surface area contributed by atoms with E-state index in [1.54, 1.807) is 0 Å². The molecule has 2 N–H and O–H groups in total. The van der Waals surface area contributed by atoms with Crippen molar-refractivity contribution in [3.05, 3.63) is 0 Å². The molecule has 0 saturated carbocycles. The number of hydrogen-bond acceptors (Lipinski definition) is 5. The van der Waals surface area contributed by atoms with Gasteiger partial charge in [-0.05, 0) is 6.92 Å². The largest absolute Gasteiger partial charge is 0.367 e. The van der Waals surface area contributed by atoms with E-state index in [4.69, 9.17) is 5.73 Å². The monoisotopic (exact) mass is 257 g/mol. The minimum Gasteiger partial charge on any atom is -0.367 e. The summed E-state index contributed by atoms with van der Waals surface area (Å²) in [4.78, 5) is 11.1. The van der Waals surface area contributed by atoms with Gasteiger partial charge in [0.05, 0.1) is 0 Å². The van der Waals surface area contributed by atoms with Gasteiger partial charge in [-0.25, -0.2) is 16.8 Å². The lowest BCUT2D eigenvalue weighted by molar-refractivity contribution is -0.118. The third-order valence-corrected chi connectivity index (χ3v) is 8.21. The first-order valence-corrected chi connectivity index (χ1v) is 7.61. The van der Waals surface area contributed by atoms with Gasteiger partial charge in [-0.2, -0.15) is 0 Å². The second-order valence-corrected chi connectivity index (χ2v) is 8.62. The quantitative estimate of drug-likeness (QED) is 0.683. The molecule has 0 fully saturated rings. The van der Waals surface area contributed by atoms with Crippen molar-refractivity contribution in [1.82, 2.24) is 0 Å². The van der Waals surface area contributed by atoms with Crippen LogP contribution in [-0.4, -0.2) is 38.3 Å². The van der Waals surface area contributed by atoms with Crippen molar-refractivity contribution in [1.29, 1.82) is 0 Å². The molecule has 0 bridgehead atoms. The van der Waals surface area contributed by atoms with Gasteiger partial charge in [0.2, 0.25) is 4.08 Å². The van der Waals surface area contributed by atoms with Crippen LogP contribution in [0.4, 0.5) is 0 Å². The zero-order valence-electron chi connectivity index (χ0n) is 8.85. The fourth-order valence-electron chi connectivity index (χ4n) is 1.05. The molecule has 0 aliphatic rings. The predicted molar refractivity (Wildman–Crippen MR) is 56.5 cm³/mol. The Hall–Kier alpha value is -0.630. The molecule has 0 saturated heterocycles. The van der Waals surface area contributed by atoms with Crippen molar-refractivity contribution in [2.45, 2.75) is 24.9 Å². The Bertz CT molecular complexity index is 414. The third-order valence-electron chi connectivity index (χ3n) is 2.39. The van der Waals surface area contributed by atoms with Crippen LogP contribution >= 0.6 is 0 Å². The summed E-state index contributed by atoms with van der Waals surface area (Å²) in [5, 5.41) is 0. The fraction of sp³-hybridized carbons (Fsp3) is 0.857. The maximum atomic E-state index is 11.6. The van der Waals surface area contributed by atoms with Crippen molar-refractivity contribution in [2.24, 2.45) is 5.73 Å². The van der Waals surface area contributed by atoms with Crippen molar-refractivity contribution < 1.29 is 21.6 Å². The summed E-state index contributed by atoms with van der Waals surface area (Å²) in [6, 6.07) is 0. The second kappa shape index (κ2) is 4.09. The zero-order chi connectivity index (χ0) is 12.5. The number of carbonyl (C=O) groups is 1. The molecule has 0 aliphatic heterocycles. The molecule has 1 amide bonds. The van der Waals surface area contributed by atoms with Gasteiger partial charge in [0, 0.05) is 11.5 Å². The van der Waals surface area contributed by atoms with Gasteiger partial charge in [0.1, 0.15) is 0 Å². The van der Waals surface area contributed by atoms with Crippen LogP contribution in [0.5, 0.6) is 0 Å². The Morgan fingerprint density at radius 1 is 1.07 bits per heavy atom.